The summed E-state index contributed by atoms with van der Waals surface area (Å²) < 4.78 is 42.9. The molecule has 0 saturated carbocycles. The van der Waals surface area contributed by atoms with Gasteiger partial charge in [-0.25, -0.2) is 4.98 Å². The van der Waals surface area contributed by atoms with E-state index in [-0.39, 0.29) is 17.0 Å². The summed E-state index contributed by atoms with van der Waals surface area (Å²) in [4.78, 5) is 3.63. The van der Waals surface area contributed by atoms with Crippen molar-refractivity contribution in [3.05, 3.63) is 40.9 Å². The third-order valence-electron chi connectivity index (χ3n) is 4.18. The Balaban J connectivity index is 1.69. The van der Waals surface area contributed by atoms with Crippen LogP contribution in [0.5, 0.6) is 0 Å². The van der Waals surface area contributed by atoms with Gasteiger partial charge in [-0.1, -0.05) is 0 Å². The highest BCUT2D eigenvalue weighted by Gasteiger charge is 2.40. The van der Waals surface area contributed by atoms with Crippen molar-refractivity contribution in [2.75, 3.05) is 25.0 Å². The van der Waals surface area contributed by atoms with Gasteiger partial charge in [-0.2, -0.15) is 27.9 Å². The highest BCUT2D eigenvalue weighted by atomic mass is 79.9. The first kappa shape index (κ1) is 16.3. The van der Waals surface area contributed by atoms with Gasteiger partial charge in [0, 0.05) is 44.2 Å². The van der Waals surface area contributed by atoms with Gasteiger partial charge in [0.2, 0.25) is 0 Å². The zero-order valence-electron chi connectivity index (χ0n) is 12.8. The van der Waals surface area contributed by atoms with Crippen molar-refractivity contribution < 1.29 is 13.2 Å². The van der Waals surface area contributed by atoms with E-state index in [0.29, 0.717) is 24.2 Å². The third-order valence-corrected chi connectivity index (χ3v) is 4.57. The Kier molecular flexibility index (Phi) is 3.72. The van der Waals surface area contributed by atoms with E-state index >= 15 is 0 Å². The number of hydrogen-bond donors (Lipinski definition) is 2. The van der Waals surface area contributed by atoms with E-state index < -0.39 is 11.9 Å². The van der Waals surface area contributed by atoms with Crippen LogP contribution >= 0.6 is 15.9 Å². The standard InChI is InChI=1S/C14H13BrF3N7/c15-10-5-12-22-9(14(16,17)18)4-11(25(12)23-10)20-8-13(6-19-7-13)24-3-1-2-21-24/h1-5,19-20H,6-8H2. The molecule has 1 fully saturated rings. The summed E-state index contributed by atoms with van der Waals surface area (Å²) in [6, 6.07) is 4.22. The van der Waals surface area contributed by atoms with E-state index in [1.807, 2.05) is 16.9 Å². The Morgan fingerprint density at radius 3 is 2.72 bits per heavy atom. The maximum atomic E-state index is 13.1. The summed E-state index contributed by atoms with van der Waals surface area (Å²) in [5, 5.41) is 14.7. The van der Waals surface area contributed by atoms with Gasteiger partial charge in [0.1, 0.15) is 16.0 Å². The molecule has 1 saturated heterocycles. The number of rotatable bonds is 4. The maximum absolute atomic E-state index is 13.1. The lowest BCUT2D eigenvalue weighted by atomic mass is 9.92. The summed E-state index contributed by atoms with van der Waals surface area (Å²) in [6.07, 6.45) is -1.01. The average Bonchev–Trinajstić information content (AvgIpc) is 3.13. The fourth-order valence-electron chi connectivity index (χ4n) is 2.80. The molecule has 0 amide bonds. The van der Waals surface area contributed by atoms with Crippen LogP contribution in [0.15, 0.2) is 35.2 Å². The summed E-state index contributed by atoms with van der Waals surface area (Å²) in [5.41, 5.74) is -1.18. The number of fused-ring (bicyclic) bond motifs is 1. The van der Waals surface area contributed by atoms with Crippen LogP contribution in [0.25, 0.3) is 5.65 Å². The van der Waals surface area contributed by atoms with Gasteiger partial charge in [0.15, 0.2) is 11.3 Å². The molecule has 0 bridgehead atoms. The molecule has 0 aliphatic carbocycles. The van der Waals surface area contributed by atoms with Gasteiger partial charge in [-0.3, -0.25) is 4.68 Å². The minimum absolute atomic E-state index is 0.115. The van der Waals surface area contributed by atoms with Gasteiger partial charge in [0.05, 0.1) is 0 Å². The number of halogens is 4. The molecule has 4 rings (SSSR count). The Morgan fingerprint density at radius 1 is 1.32 bits per heavy atom. The lowest BCUT2D eigenvalue weighted by molar-refractivity contribution is -0.141. The van der Waals surface area contributed by atoms with E-state index in [2.05, 4.69) is 41.7 Å². The molecule has 3 aromatic heterocycles. The second-order valence-corrected chi connectivity index (χ2v) is 6.71. The molecule has 11 heteroatoms. The van der Waals surface area contributed by atoms with Gasteiger partial charge in [-0.05, 0) is 22.0 Å². The van der Waals surface area contributed by atoms with Crippen molar-refractivity contribution in [2.24, 2.45) is 0 Å². The first-order chi connectivity index (χ1) is 11.9. The van der Waals surface area contributed by atoms with Crippen LogP contribution in [0.2, 0.25) is 0 Å². The predicted octanol–water partition coefficient (Wildman–Crippen LogP) is 2.12. The second-order valence-electron chi connectivity index (χ2n) is 5.89. The summed E-state index contributed by atoms with van der Waals surface area (Å²) >= 11 is 3.18. The molecule has 25 heavy (non-hydrogen) atoms. The highest BCUT2D eigenvalue weighted by Crippen LogP contribution is 2.31. The molecule has 0 radical (unpaired) electrons. The molecule has 0 aromatic carbocycles. The zero-order chi connectivity index (χ0) is 17.7. The van der Waals surface area contributed by atoms with Crippen molar-refractivity contribution in [3.8, 4) is 0 Å². The van der Waals surface area contributed by atoms with E-state index in [1.165, 1.54) is 10.6 Å². The SMILES string of the molecule is FC(F)(F)c1cc(NCC2(n3cccn3)CNC2)n2nc(Br)cc2n1. The first-order valence-corrected chi connectivity index (χ1v) is 8.25. The first-order valence-electron chi connectivity index (χ1n) is 7.46. The fraction of sp³-hybridized carbons (Fsp3) is 0.357. The minimum atomic E-state index is -4.54. The summed E-state index contributed by atoms with van der Waals surface area (Å²) in [6.45, 7) is 1.74. The van der Waals surface area contributed by atoms with Gasteiger partial charge in [0.25, 0.3) is 0 Å². The van der Waals surface area contributed by atoms with E-state index in [0.717, 1.165) is 6.07 Å². The molecule has 1 aliphatic heterocycles. The molecule has 0 atom stereocenters. The lowest BCUT2D eigenvalue weighted by Crippen LogP contribution is -2.64. The number of hydrogen-bond acceptors (Lipinski definition) is 5. The summed E-state index contributed by atoms with van der Waals surface area (Å²) in [5.74, 6) is 0.224. The molecule has 4 heterocycles. The molecule has 132 valence electrons. The van der Waals surface area contributed by atoms with Crippen LogP contribution < -0.4 is 10.6 Å². The number of nitrogens with zero attached hydrogens (tertiary/aromatic N) is 5. The molecule has 2 N–H and O–H groups in total. The van der Waals surface area contributed by atoms with Crippen molar-refractivity contribution in [1.82, 2.24) is 29.7 Å². The monoisotopic (exact) mass is 415 g/mol. The number of aromatic nitrogens is 5. The van der Waals surface area contributed by atoms with Crippen LogP contribution in [0, 0.1) is 0 Å². The Labute approximate surface area is 148 Å². The quantitative estimate of drug-likeness (QED) is 0.682. The molecular weight excluding hydrogens is 403 g/mol. The number of alkyl halides is 3. The second kappa shape index (κ2) is 5.70. The van der Waals surface area contributed by atoms with Crippen LogP contribution in [-0.2, 0) is 11.7 Å². The van der Waals surface area contributed by atoms with Gasteiger partial charge < -0.3 is 10.6 Å². The number of nitrogens with one attached hydrogen (secondary N) is 2. The van der Waals surface area contributed by atoms with E-state index in [9.17, 15) is 13.2 Å². The minimum Gasteiger partial charge on any atom is -0.367 e. The van der Waals surface area contributed by atoms with Gasteiger partial charge >= 0.3 is 6.18 Å². The third kappa shape index (κ3) is 2.86. The summed E-state index contributed by atoms with van der Waals surface area (Å²) in [7, 11) is 0. The molecular formula is C14H13BrF3N7. The van der Waals surface area contributed by atoms with E-state index in [4.69, 9.17) is 0 Å². The maximum Gasteiger partial charge on any atom is 0.433 e. The van der Waals surface area contributed by atoms with Crippen molar-refractivity contribution in [2.45, 2.75) is 11.7 Å². The van der Waals surface area contributed by atoms with Crippen LogP contribution in [0.1, 0.15) is 5.69 Å². The fourth-order valence-corrected chi connectivity index (χ4v) is 3.17. The van der Waals surface area contributed by atoms with Gasteiger partial charge in [-0.15, -0.1) is 0 Å². The molecule has 0 spiro atoms. The molecule has 0 unspecified atom stereocenters. The average molecular weight is 416 g/mol. The van der Waals surface area contributed by atoms with E-state index in [1.54, 1.807) is 6.20 Å². The Hall–Kier alpha value is -2.14. The van der Waals surface area contributed by atoms with Crippen molar-refractivity contribution in [1.29, 1.82) is 0 Å². The predicted molar refractivity (Wildman–Crippen MR) is 87.2 cm³/mol. The van der Waals surface area contributed by atoms with Crippen molar-refractivity contribution in [3.63, 3.8) is 0 Å². The Bertz CT molecular complexity index is 899. The Morgan fingerprint density at radius 2 is 2.12 bits per heavy atom. The lowest BCUT2D eigenvalue weighted by Gasteiger charge is -2.43. The van der Waals surface area contributed by atoms with Crippen LogP contribution in [0.4, 0.5) is 19.0 Å². The van der Waals surface area contributed by atoms with Crippen LogP contribution in [-0.4, -0.2) is 44.0 Å². The zero-order valence-corrected chi connectivity index (χ0v) is 14.3. The molecule has 3 aromatic rings. The largest absolute Gasteiger partial charge is 0.433 e. The van der Waals surface area contributed by atoms with Crippen LogP contribution in [0.3, 0.4) is 0 Å². The molecule has 1 aliphatic rings. The smallest absolute Gasteiger partial charge is 0.367 e. The highest BCUT2D eigenvalue weighted by molar-refractivity contribution is 9.10. The normalized spacial score (nSPS) is 16.8. The van der Waals surface area contributed by atoms with Crippen molar-refractivity contribution >= 4 is 27.4 Å². The molecule has 7 nitrogen and oxygen atoms in total. The topological polar surface area (TPSA) is 72.1 Å². The number of anilines is 1.